The molecule has 4 nitrogen and oxygen atoms in total. The van der Waals surface area contributed by atoms with Gasteiger partial charge in [-0.1, -0.05) is 6.92 Å². The fourth-order valence-electron chi connectivity index (χ4n) is 2.73. The molecule has 0 spiro atoms. The van der Waals surface area contributed by atoms with Crippen LogP contribution in [-0.2, 0) is 9.59 Å². The third kappa shape index (κ3) is 1.17. The van der Waals surface area contributed by atoms with Gasteiger partial charge < -0.3 is 5.32 Å². The van der Waals surface area contributed by atoms with E-state index in [2.05, 4.69) is 5.32 Å². The molecule has 2 amide bonds. The molecular formula is C10H16N2O2. The van der Waals surface area contributed by atoms with Crippen LogP contribution < -0.4 is 5.32 Å². The van der Waals surface area contributed by atoms with Crippen LogP contribution in [0.3, 0.4) is 0 Å². The summed E-state index contributed by atoms with van der Waals surface area (Å²) in [6, 6.07) is 0.321. The number of amides is 2. The number of carbonyl (C=O) groups excluding carboxylic acids is 2. The van der Waals surface area contributed by atoms with Gasteiger partial charge in [0, 0.05) is 13.0 Å². The highest BCUT2D eigenvalue weighted by Crippen LogP contribution is 2.32. The van der Waals surface area contributed by atoms with Gasteiger partial charge in [0.15, 0.2) is 0 Å². The molecule has 14 heavy (non-hydrogen) atoms. The predicted molar refractivity (Wildman–Crippen MR) is 51.5 cm³/mol. The molecule has 0 radical (unpaired) electrons. The molecule has 0 aliphatic carbocycles. The monoisotopic (exact) mass is 196 g/mol. The Kier molecular flexibility index (Phi) is 2.31. The van der Waals surface area contributed by atoms with E-state index in [1.807, 2.05) is 6.92 Å². The van der Waals surface area contributed by atoms with Crippen molar-refractivity contribution in [3.63, 3.8) is 0 Å². The van der Waals surface area contributed by atoms with Gasteiger partial charge in [0.25, 0.3) is 0 Å². The summed E-state index contributed by atoms with van der Waals surface area (Å²) in [6.45, 7) is 4.40. The van der Waals surface area contributed by atoms with Gasteiger partial charge in [0.05, 0.1) is 12.0 Å². The van der Waals surface area contributed by atoms with Crippen molar-refractivity contribution < 1.29 is 9.59 Å². The van der Waals surface area contributed by atoms with Crippen molar-refractivity contribution in [1.82, 2.24) is 10.2 Å². The molecule has 2 fully saturated rings. The zero-order chi connectivity index (χ0) is 10.3. The molecule has 0 aromatic rings. The van der Waals surface area contributed by atoms with Crippen molar-refractivity contribution in [3.05, 3.63) is 0 Å². The van der Waals surface area contributed by atoms with E-state index in [0.29, 0.717) is 0 Å². The van der Waals surface area contributed by atoms with Crippen LogP contribution in [0.1, 0.15) is 26.7 Å². The van der Waals surface area contributed by atoms with Gasteiger partial charge in [-0.15, -0.1) is 0 Å². The first-order valence-corrected chi connectivity index (χ1v) is 5.23. The molecule has 0 saturated carbocycles. The van der Waals surface area contributed by atoms with Crippen molar-refractivity contribution in [2.24, 2.45) is 5.92 Å². The lowest BCUT2D eigenvalue weighted by Crippen LogP contribution is -2.39. The second kappa shape index (κ2) is 3.35. The molecule has 4 heteroatoms. The molecule has 2 aliphatic heterocycles. The lowest BCUT2D eigenvalue weighted by atomic mass is 9.97. The van der Waals surface area contributed by atoms with Gasteiger partial charge in [-0.2, -0.15) is 0 Å². The summed E-state index contributed by atoms with van der Waals surface area (Å²) in [7, 11) is 0. The SMILES string of the molecule is CC[C@H]1C(=O)N(C(C)=O)[C@H]2CCN[C@H]12. The van der Waals surface area contributed by atoms with Crippen molar-refractivity contribution in [2.45, 2.75) is 38.8 Å². The molecular weight excluding hydrogens is 180 g/mol. The molecule has 0 unspecified atom stereocenters. The Morgan fingerprint density at radius 2 is 2.36 bits per heavy atom. The number of nitrogens with one attached hydrogen (secondary N) is 1. The fraction of sp³-hybridized carbons (Fsp3) is 0.800. The van der Waals surface area contributed by atoms with E-state index in [1.54, 1.807) is 0 Å². The van der Waals surface area contributed by atoms with E-state index in [-0.39, 0.29) is 29.8 Å². The molecule has 1 N–H and O–H groups in total. The Hall–Kier alpha value is -0.900. The fourth-order valence-corrected chi connectivity index (χ4v) is 2.73. The number of nitrogens with zero attached hydrogens (tertiary/aromatic N) is 1. The maximum atomic E-state index is 11.9. The average molecular weight is 196 g/mol. The molecule has 0 bridgehead atoms. The summed E-state index contributed by atoms with van der Waals surface area (Å²) < 4.78 is 0. The lowest BCUT2D eigenvalue weighted by molar-refractivity contribution is -0.143. The standard InChI is InChI=1S/C10H16N2O2/c1-3-7-9-8(4-5-11-9)12(6(2)13)10(7)14/h7-9,11H,3-5H2,1-2H3/t7-,8+,9-/m1/s1. The van der Waals surface area contributed by atoms with E-state index >= 15 is 0 Å². The van der Waals surface area contributed by atoms with Crippen LogP contribution in [-0.4, -0.2) is 35.3 Å². The molecule has 0 aromatic heterocycles. The highest BCUT2D eigenvalue weighted by molar-refractivity contribution is 5.98. The zero-order valence-electron chi connectivity index (χ0n) is 8.62. The number of hydrogen-bond donors (Lipinski definition) is 1. The molecule has 2 aliphatic rings. The van der Waals surface area contributed by atoms with E-state index in [4.69, 9.17) is 0 Å². The Bertz CT molecular complexity index is 277. The van der Waals surface area contributed by atoms with Crippen LogP contribution in [0, 0.1) is 5.92 Å². The summed E-state index contributed by atoms with van der Waals surface area (Å²) in [5.74, 6) is -0.0850. The van der Waals surface area contributed by atoms with Crippen LogP contribution in [0.4, 0.5) is 0 Å². The molecule has 2 rings (SSSR count). The van der Waals surface area contributed by atoms with E-state index < -0.39 is 0 Å². The number of hydrogen-bond acceptors (Lipinski definition) is 3. The van der Waals surface area contributed by atoms with Crippen LogP contribution in [0.2, 0.25) is 0 Å². The molecule has 3 atom stereocenters. The normalized spacial score (nSPS) is 36.3. The quantitative estimate of drug-likeness (QED) is 0.648. The van der Waals surface area contributed by atoms with Crippen LogP contribution in [0.25, 0.3) is 0 Å². The predicted octanol–water partition coefficient (Wildman–Crippen LogP) is 0.132. The van der Waals surface area contributed by atoms with Crippen LogP contribution in [0.15, 0.2) is 0 Å². The van der Waals surface area contributed by atoms with Gasteiger partial charge in [-0.3, -0.25) is 14.5 Å². The Morgan fingerprint density at radius 1 is 1.64 bits per heavy atom. The van der Waals surface area contributed by atoms with Gasteiger partial charge in [-0.05, 0) is 19.4 Å². The van der Waals surface area contributed by atoms with E-state index in [9.17, 15) is 9.59 Å². The Balaban J connectivity index is 2.27. The number of carbonyl (C=O) groups is 2. The number of rotatable bonds is 1. The number of fused-ring (bicyclic) bond motifs is 1. The Morgan fingerprint density at radius 3 is 2.93 bits per heavy atom. The van der Waals surface area contributed by atoms with Crippen molar-refractivity contribution >= 4 is 11.8 Å². The average Bonchev–Trinajstić information content (AvgIpc) is 2.62. The minimum atomic E-state index is -0.107. The second-order valence-corrected chi connectivity index (χ2v) is 4.08. The zero-order valence-corrected chi connectivity index (χ0v) is 8.62. The summed E-state index contributed by atoms with van der Waals surface area (Å²) >= 11 is 0. The maximum Gasteiger partial charge on any atom is 0.234 e. The third-order valence-corrected chi connectivity index (χ3v) is 3.33. The highest BCUT2D eigenvalue weighted by atomic mass is 16.2. The number of imide groups is 1. The first-order chi connectivity index (χ1) is 6.66. The second-order valence-electron chi connectivity index (χ2n) is 4.08. The summed E-state index contributed by atoms with van der Waals surface area (Å²) in [5.41, 5.74) is 0. The number of likely N-dealkylation sites (tertiary alicyclic amines) is 1. The molecule has 78 valence electrons. The van der Waals surface area contributed by atoms with E-state index in [0.717, 1.165) is 19.4 Å². The smallest absolute Gasteiger partial charge is 0.234 e. The summed E-state index contributed by atoms with van der Waals surface area (Å²) in [5, 5.41) is 3.32. The topological polar surface area (TPSA) is 49.4 Å². The summed E-state index contributed by atoms with van der Waals surface area (Å²) in [6.07, 6.45) is 1.73. The van der Waals surface area contributed by atoms with Crippen molar-refractivity contribution in [1.29, 1.82) is 0 Å². The van der Waals surface area contributed by atoms with Gasteiger partial charge in [0.2, 0.25) is 11.8 Å². The van der Waals surface area contributed by atoms with Crippen LogP contribution in [0.5, 0.6) is 0 Å². The largest absolute Gasteiger partial charge is 0.311 e. The van der Waals surface area contributed by atoms with Gasteiger partial charge in [-0.25, -0.2) is 0 Å². The Labute approximate surface area is 83.6 Å². The molecule has 2 heterocycles. The maximum absolute atomic E-state index is 11.9. The molecule has 0 aromatic carbocycles. The van der Waals surface area contributed by atoms with Crippen LogP contribution >= 0.6 is 0 Å². The minimum Gasteiger partial charge on any atom is -0.311 e. The third-order valence-electron chi connectivity index (χ3n) is 3.33. The lowest BCUT2D eigenvalue weighted by Gasteiger charge is -2.18. The highest BCUT2D eigenvalue weighted by Gasteiger charge is 2.50. The first-order valence-electron chi connectivity index (χ1n) is 5.23. The summed E-state index contributed by atoms with van der Waals surface area (Å²) in [4.78, 5) is 24.7. The molecule has 2 saturated heterocycles. The van der Waals surface area contributed by atoms with Crippen molar-refractivity contribution in [2.75, 3.05) is 6.54 Å². The minimum absolute atomic E-state index is 0.00593. The van der Waals surface area contributed by atoms with E-state index in [1.165, 1.54) is 11.8 Å². The van der Waals surface area contributed by atoms with Gasteiger partial charge in [0.1, 0.15) is 0 Å². The first kappa shape index (κ1) is 9.65. The van der Waals surface area contributed by atoms with Crippen molar-refractivity contribution in [3.8, 4) is 0 Å². The van der Waals surface area contributed by atoms with Gasteiger partial charge >= 0.3 is 0 Å².